The van der Waals surface area contributed by atoms with E-state index in [1.807, 2.05) is 0 Å². The molecule has 82 valence electrons. The minimum Gasteiger partial charge on any atom is -0.493 e. The fourth-order valence-electron chi connectivity index (χ4n) is 1.27. The summed E-state index contributed by atoms with van der Waals surface area (Å²) in [6.07, 6.45) is 0. The van der Waals surface area contributed by atoms with Gasteiger partial charge in [-0.1, -0.05) is 0 Å². The predicted molar refractivity (Wildman–Crippen MR) is 51.3 cm³/mol. The largest absolute Gasteiger partial charge is 0.493 e. The summed E-state index contributed by atoms with van der Waals surface area (Å²) in [5.41, 5.74) is 0.134. The summed E-state index contributed by atoms with van der Waals surface area (Å²) in [6, 6.07) is 2.52. The van der Waals surface area contributed by atoms with Gasteiger partial charge in [-0.3, -0.25) is 0 Å². The Morgan fingerprint density at radius 3 is 2.47 bits per heavy atom. The van der Waals surface area contributed by atoms with Gasteiger partial charge < -0.3 is 14.6 Å². The van der Waals surface area contributed by atoms with E-state index in [1.165, 1.54) is 26.4 Å². The maximum absolute atomic E-state index is 12.6. The van der Waals surface area contributed by atoms with Crippen molar-refractivity contribution in [2.75, 3.05) is 14.2 Å². The molecule has 5 heteroatoms. The van der Waals surface area contributed by atoms with Crippen molar-refractivity contribution in [3.05, 3.63) is 23.3 Å². The quantitative estimate of drug-likeness (QED) is 0.831. The summed E-state index contributed by atoms with van der Waals surface area (Å²) < 4.78 is 22.5. The van der Waals surface area contributed by atoms with Crippen LogP contribution in [0, 0.1) is 0 Å². The number of alkyl halides is 1. The molecular weight excluding hydrogens is 203 g/mol. The van der Waals surface area contributed by atoms with Crippen LogP contribution in [0.5, 0.6) is 11.5 Å². The Balaban J connectivity index is 3.35. The summed E-state index contributed by atoms with van der Waals surface area (Å²) in [5.74, 6) is -0.694. The maximum Gasteiger partial charge on any atom is 0.335 e. The summed E-state index contributed by atoms with van der Waals surface area (Å²) in [7, 11) is 2.74. The Hall–Kier alpha value is -1.78. The summed E-state index contributed by atoms with van der Waals surface area (Å²) in [4.78, 5) is 10.7. The highest BCUT2D eigenvalue weighted by atomic mass is 19.1. The number of rotatable bonds is 4. The van der Waals surface area contributed by atoms with Gasteiger partial charge in [-0.15, -0.1) is 0 Å². The number of carboxylic acid groups (broad SMARTS) is 1. The zero-order valence-electron chi connectivity index (χ0n) is 8.41. The van der Waals surface area contributed by atoms with Crippen LogP contribution in [-0.4, -0.2) is 25.3 Å². The van der Waals surface area contributed by atoms with E-state index in [-0.39, 0.29) is 22.6 Å². The van der Waals surface area contributed by atoms with Crippen molar-refractivity contribution in [2.24, 2.45) is 0 Å². The van der Waals surface area contributed by atoms with E-state index >= 15 is 0 Å². The Bertz CT molecular complexity index is 351. The number of methoxy groups -OCH3 is 2. The number of hydrogen-bond donors (Lipinski definition) is 1. The van der Waals surface area contributed by atoms with Crippen LogP contribution in [-0.2, 0) is 6.67 Å². The van der Waals surface area contributed by atoms with Crippen LogP contribution in [0.15, 0.2) is 12.1 Å². The molecule has 0 atom stereocenters. The molecule has 1 aromatic rings. The minimum atomic E-state index is -1.13. The molecule has 15 heavy (non-hydrogen) atoms. The summed E-state index contributed by atoms with van der Waals surface area (Å²) >= 11 is 0. The Morgan fingerprint density at radius 1 is 1.40 bits per heavy atom. The van der Waals surface area contributed by atoms with Gasteiger partial charge in [0.1, 0.15) is 6.67 Å². The first-order valence-electron chi connectivity index (χ1n) is 4.18. The van der Waals surface area contributed by atoms with Crippen molar-refractivity contribution in [1.82, 2.24) is 0 Å². The van der Waals surface area contributed by atoms with Crippen LogP contribution >= 0.6 is 0 Å². The van der Waals surface area contributed by atoms with Crippen LogP contribution in [0.3, 0.4) is 0 Å². The summed E-state index contributed by atoms with van der Waals surface area (Å²) in [6.45, 7) is -0.805. The molecule has 1 rings (SSSR count). The lowest BCUT2D eigenvalue weighted by Gasteiger charge is -2.11. The molecule has 0 bridgehead atoms. The zero-order valence-corrected chi connectivity index (χ0v) is 8.41. The molecule has 0 saturated carbocycles. The highest BCUT2D eigenvalue weighted by Crippen LogP contribution is 2.33. The molecule has 0 fully saturated rings. The number of halogens is 1. The van der Waals surface area contributed by atoms with Gasteiger partial charge >= 0.3 is 5.97 Å². The highest BCUT2D eigenvalue weighted by Gasteiger charge is 2.15. The molecule has 1 aromatic carbocycles. The minimum absolute atomic E-state index is 0.0275. The van der Waals surface area contributed by atoms with E-state index in [0.717, 1.165) is 0 Å². The lowest BCUT2D eigenvalue weighted by molar-refractivity contribution is 0.0696. The molecule has 0 saturated heterocycles. The molecule has 4 nitrogen and oxygen atoms in total. The van der Waals surface area contributed by atoms with Crippen molar-refractivity contribution < 1.29 is 23.8 Å². The van der Waals surface area contributed by atoms with E-state index in [4.69, 9.17) is 14.6 Å². The van der Waals surface area contributed by atoms with Crippen LogP contribution in [0.2, 0.25) is 0 Å². The van der Waals surface area contributed by atoms with E-state index in [2.05, 4.69) is 0 Å². The van der Waals surface area contributed by atoms with Gasteiger partial charge in [0.15, 0.2) is 11.5 Å². The predicted octanol–water partition coefficient (Wildman–Crippen LogP) is 1.87. The number of hydrogen-bond acceptors (Lipinski definition) is 3. The molecule has 0 aliphatic heterocycles. The third-order valence-corrected chi connectivity index (χ3v) is 1.95. The number of aromatic carboxylic acids is 1. The van der Waals surface area contributed by atoms with Crippen LogP contribution in [0.1, 0.15) is 15.9 Å². The molecule has 0 radical (unpaired) electrons. The molecule has 0 spiro atoms. The first-order valence-corrected chi connectivity index (χ1v) is 4.18. The normalized spacial score (nSPS) is 9.80. The number of carbonyl (C=O) groups is 1. The number of benzene rings is 1. The van der Waals surface area contributed by atoms with E-state index in [0.29, 0.717) is 0 Å². The smallest absolute Gasteiger partial charge is 0.335 e. The van der Waals surface area contributed by atoms with Gasteiger partial charge in [-0.2, -0.15) is 0 Å². The fraction of sp³-hybridized carbons (Fsp3) is 0.300. The van der Waals surface area contributed by atoms with Crippen molar-refractivity contribution in [3.63, 3.8) is 0 Å². The average Bonchev–Trinajstić information content (AvgIpc) is 2.26. The van der Waals surface area contributed by atoms with Gasteiger partial charge in [0.05, 0.1) is 19.8 Å². The fourth-order valence-corrected chi connectivity index (χ4v) is 1.27. The molecule has 0 amide bonds. The monoisotopic (exact) mass is 214 g/mol. The number of ether oxygens (including phenoxy) is 2. The third kappa shape index (κ3) is 2.18. The molecule has 0 aliphatic carbocycles. The van der Waals surface area contributed by atoms with Gasteiger partial charge in [-0.25, -0.2) is 9.18 Å². The second kappa shape index (κ2) is 4.63. The zero-order chi connectivity index (χ0) is 11.4. The molecule has 0 aromatic heterocycles. The van der Waals surface area contributed by atoms with Gasteiger partial charge in [0.2, 0.25) is 0 Å². The van der Waals surface area contributed by atoms with Crippen molar-refractivity contribution in [3.8, 4) is 11.5 Å². The van der Waals surface area contributed by atoms with Gasteiger partial charge in [0.25, 0.3) is 0 Å². The highest BCUT2D eigenvalue weighted by molar-refractivity contribution is 5.89. The van der Waals surface area contributed by atoms with Gasteiger partial charge in [0, 0.05) is 5.56 Å². The van der Waals surface area contributed by atoms with Gasteiger partial charge in [-0.05, 0) is 12.1 Å². The first kappa shape index (κ1) is 11.3. The van der Waals surface area contributed by atoms with Crippen LogP contribution in [0.25, 0.3) is 0 Å². The maximum atomic E-state index is 12.6. The lowest BCUT2D eigenvalue weighted by atomic mass is 10.1. The topological polar surface area (TPSA) is 55.8 Å². The standard InChI is InChI=1S/C10H11FO4/c1-14-8-4-6(10(12)13)3-7(5-11)9(8)15-2/h3-4H,5H2,1-2H3,(H,12,13). The van der Waals surface area contributed by atoms with Crippen molar-refractivity contribution >= 4 is 5.97 Å². The Kier molecular flexibility index (Phi) is 3.49. The Labute approximate surface area is 86.2 Å². The lowest BCUT2D eigenvalue weighted by Crippen LogP contribution is -2.01. The molecule has 1 N–H and O–H groups in total. The van der Waals surface area contributed by atoms with E-state index in [1.54, 1.807) is 0 Å². The SMILES string of the molecule is COc1cc(C(=O)O)cc(CF)c1OC. The molecule has 0 unspecified atom stereocenters. The third-order valence-electron chi connectivity index (χ3n) is 1.95. The van der Waals surface area contributed by atoms with Crippen LogP contribution in [0.4, 0.5) is 4.39 Å². The van der Waals surface area contributed by atoms with Crippen molar-refractivity contribution in [2.45, 2.75) is 6.67 Å². The first-order chi connectivity index (χ1) is 7.13. The second-order valence-electron chi connectivity index (χ2n) is 2.81. The van der Waals surface area contributed by atoms with Crippen LogP contribution < -0.4 is 9.47 Å². The van der Waals surface area contributed by atoms with Crippen molar-refractivity contribution in [1.29, 1.82) is 0 Å². The number of carboxylic acids is 1. The van der Waals surface area contributed by atoms with E-state index in [9.17, 15) is 9.18 Å². The molecular formula is C10H11FO4. The Morgan fingerprint density at radius 2 is 2.07 bits per heavy atom. The average molecular weight is 214 g/mol. The van der Waals surface area contributed by atoms with E-state index < -0.39 is 12.6 Å². The molecule has 0 aliphatic rings. The summed E-state index contributed by atoms with van der Waals surface area (Å²) in [5, 5.41) is 8.77. The second-order valence-corrected chi connectivity index (χ2v) is 2.81. The molecule has 0 heterocycles.